The van der Waals surface area contributed by atoms with Crippen LogP contribution in [0.5, 0.6) is 0 Å². The molecule has 1 aromatic carbocycles. The molecule has 104 valence electrons. The van der Waals surface area contributed by atoms with Gasteiger partial charge in [0.05, 0.1) is 6.54 Å². The van der Waals surface area contributed by atoms with Gasteiger partial charge < -0.3 is 9.84 Å². The van der Waals surface area contributed by atoms with Crippen molar-refractivity contribution in [1.29, 1.82) is 0 Å². The number of carboxylic acids is 1. The van der Waals surface area contributed by atoms with Crippen LogP contribution in [-0.4, -0.2) is 29.2 Å². The van der Waals surface area contributed by atoms with Crippen molar-refractivity contribution < 1.29 is 19.4 Å². The Labute approximate surface area is 112 Å². The number of esters is 1. The normalized spacial score (nSPS) is 12.8. The van der Waals surface area contributed by atoms with Crippen LogP contribution < -0.4 is 5.32 Å². The molecule has 0 bridgehead atoms. The number of carboxylic acid groups (broad SMARTS) is 1. The predicted octanol–water partition coefficient (Wildman–Crippen LogP) is 1.74. The summed E-state index contributed by atoms with van der Waals surface area (Å²) in [4.78, 5) is 22.7. The van der Waals surface area contributed by atoms with Crippen molar-refractivity contribution in [3.8, 4) is 0 Å². The van der Waals surface area contributed by atoms with Gasteiger partial charge in [0.25, 0.3) is 0 Å². The quantitative estimate of drug-likeness (QED) is 0.793. The second-order valence-corrected chi connectivity index (χ2v) is 5.15. The molecule has 5 heteroatoms. The van der Waals surface area contributed by atoms with Crippen molar-refractivity contribution in [2.24, 2.45) is 0 Å². The summed E-state index contributed by atoms with van der Waals surface area (Å²) in [7, 11) is 0. The summed E-state index contributed by atoms with van der Waals surface area (Å²) in [5, 5.41) is 11.8. The number of carbonyl (C=O) groups is 2. The molecular weight excluding hydrogens is 246 g/mol. The average Bonchev–Trinajstić information content (AvgIpc) is 2.27. The maximum absolute atomic E-state index is 11.5. The molecule has 1 aromatic rings. The molecule has 1 atom stereocenters. The van der Waals surface area contributed by atoms with Crippen LogP contribution in [0.3, 0.4) is 0 Å². The van der Waals surface area contributed by atoms with E-state index >= 15 is 0 Å². The Morgan fingerprint density at radius 1 is 1.26 bits per heavy atom. The average molecular weight is 265 g/mol. The van der Waals surface area contributed by atoms with Crippen molar-refractivity contribution in [1.82, 2.24) is 5.32 Å². The molecular formula is C14H19NO4. The molecule has 1 unspecified atom stereocenters. The van der Waals surface area contributed by atoms with Gasteiger partial charge in [-0.2, -0.15) is 0 Å². The molecule has 0 saturated heterocycles. The van der Waals surface area contributed by atoms with E-state index in [2.05, 4.69) is 5.32 Å². The van der Waals surface area contributed by atoms with Gasteiger partial charge in [-0.25, -0.2) is 0 Å². The van der Waals surface area contributed by atoms with Crippen LogP contribution in [-0.2, 0) is 14.3 Å². The molecule has 19 heavy (non-hydrogen) atoms. The van der Waals surface area contributed by atoms with Gasteiger partial charge in [-0.05, 0) is 26.3 Å². The molecule has 0 heterocycles. The number of ether oxygens (including phenoxy) is 1. The highest BCUT2D eigenvalue weighted by molar-refractivity contribution is 5.77. The van der Waals surface area contributed by atoms with E-state index in [1.54, 1.807) is 51.1 Å². The van der Waals surface area contributed by atoms with Crippen molar-refractivity contribution in [3.63, 3.8) is 0 Å². The third kappa shape index (κ3) is 5.52. The minimum Gasteiger partial charge on any atom is -0.480 e. The van der Waals surface area contributed by atoms with Gasteiger partial charge in [-0.3, -0.25) is 14.9 Å². The van der Waals surface area contributed by atoms with Gasteiger partial charge >= 0.3 is 11.9 Å². The third-order valence-corrected chi connectivity index (χ3v) is 2.25. The van der Waals surface area contributed by atoms with E-state index in [4.69, 9.17) is 9.84 Å². The van der Waals surface area contributed by atoms with E-state index in [1.165, 1.54) is 0 Å². The zero-order chi connectivity index (χ0) is 14.5. The fourth-order valence-electron chi connectivity index (χ4n) is 1.56. The topological polar surface area (TPSA) is 75.6 Å². The molecule has 1 rings (SSSR count). The summed E-state index contributed by atoms with van der Waals surface area (Å²) in [6.07, 6.45) is 0. The molecule has 0 amide bonds. The maximum atomic E-state index is 11.5. The molecule has 0 radical (unpaired) electrons. The fourth-order valence-corrected chi connectivity index (χ4v) is 1.56. The summed E-state index contributed by atoms with van der Waals surface area (Å²) < 4.78 is 5.11. The Bertz CT molecular complexity index is 437. The van der Waals surface area contributed by atoms with Gasteiger partial charge in [0.15, 0.2) is 0 Å². The van der Waals surface area contributed by atoms with Crippen molar-refractivity contribution >= 4 is 11.9 Å². The van der Waals surface area contributed by atoms with Crippen LogP contribution in [0.25, 0.3) is 0 Å². The van der Waals surface area contributed by atoms with Crippen molar-refractivity contribution in [3.05, 3.63) is 35.9 Å². The van der Waals surface area contributed by atoms with E-state index in [0.717, 1.165) is 0 Å². The van der Waals surface area contributed by atoms with Gasteiger partial charge in [-0.1, -0.05) is 30.3 Å². The number of hydrogen-bond acceptors (Lipinski definition) is 4. The van der Waals surface area contributed by atoms with Gasteiger partial charge in [0, 0.05) is 0 Å². The lowest BCUT2D eigenvalue weighted by Gasteiger charge is -2.21. The van der Waals surface area contributed by atoms with Crippen LogP contribution in [0.15, 0.2) is 30.3 Å². The highest BCUT2D eigenvalue weighted by Gasteiger charge is 2.22. The van der Waals surface area contributed by atoms with Crippen molar-refractivity contribution in [2.75, 3.05) is 6.54 Å². The van der Waals surface area contributed by atoms with Crippen LogP contribution in [0.2, 0.25) is 0 Å². The van der Waals surface area contributed by atoms with Crippen LogP contribution in [0.4, 0.5) is 0 Å². The first-order valence-corrected chi connectivity index (χ1v) is 6.02. The van der Waals surface area contributed by atoms with Crippen LogP contribution >= 0.6 is 0 Å². The minimum atomic E-state index is -1.03. The lowest BCUT2D eigenvalue weighted by Crippen LogP contribution is -2.36. The fraction of sp³-hybridized carbons (Fsp3) is 0.429. The number of nitrogens with one attached hydrogen (secondary N) is 1. The number of benzene rings is 1. The second-order valence-electron chi connectivity index (χ2n) is 5.15. The number of hydrogen-bond donors (Lipinski definition) is 2. The molecule has 0 saturated carbocycles. The highest BCUT2D eigenvalue weighted by atomic mass is 16.6. The van der Waals surface area contributed by atoms with Crippen LogP contribution in [0, 0.1) is 0 Å². The van der Waals surface area contributed by atoms with E-state index in [-0.39, 0.29) is 6.54 Å². The Kier molecular flexibility index (Phi) is 5.06. The molecule has 2 N–H and O–H groups in total. The highest BCUT2D eigenvalue weighted by Crippen LogP contribution is 2.13. The zero-order valence-corrected chi connectivity index (χ0v) is 11.3. The first-order valence-electron chi connectivity index (χ1n) is 6.02. The van der Waals surface area contributed by atoms with Gasteiger partial charge in [-0.15, -0.1) is 0 Å². The smallest absolute Gasteiger partial charge is 0.325 e. The Balaban J connectivity index is 2.62. The molecule has 0 spiro atoms. The van der Waals surface area contributed by atoms with E-state index in [9.17, 15) is 9.59 Å². The van der Waals surface area contributed by atoms with Gasteiger partial charge in [0.2, 0.25) is 0 Å². The van der Waals surface area contributed by atoms with E-state index < -0.39 is 23.6 Å². The summed E-state index contributed by atoms with van der Waals surface area (Å²) >= 11 is 0. The minimum absolute atomic E-state index is 0.150. The largest absolute Gasteiger partial charge is 0.480 e. The molecule has 0 aliphatic heterocycles. The Hall–Kier alpha value is -1.88. The predicted molar refractivity (Wildman–Crippen MR) is 70.7 cm³/mol. The SMILES string of the molecule is CC(C)(C)OC(=O)CNC(C(=O)O)c1ccccc1. The second kappa shape index (κ2) is 6.33. The third-order valence-electron chi connectivity index (χ3n) is 2.25. The summed E-state index contributed by atoms with van der Waals surface area (Å²) in [6, 6.07) is 7.77. The summed E-state index contributed by atoms with van der Waals surface area (Å²) in [6.45, 7) is 5.13. The summed E-state index contributed by atoms with van der Waals surface area (Å²) in [5.74, 6) is -1.51. The van der Waals surface area contributed by atoms with Crippen molar-refractivity contribution in [2.45, 2.75) is 32.4 Å². The van der Waals surface area contributed by atoms with Crippen LogP contribution in [0.1, 0.15) is 32.4 Å². The standard InChI is InChI=1S/C14H19NO4/c1-14(2,3)19-11(16)9-15-12(13(17)18)10-7-5-4-6-8-10/h4-8,12,15H,9H2,1-3H3,(H,17,18). The molecule has 0 aliphatic carbocycles. The first-order chi connectivity index (χ1) is 8.79. The number of carbonyl (C=O) groups excluding carboxylic acids is 1. The molecule has 0 aliphatic rings. The lowest BCUT2D eigenvalue weighted by molar-refractivity contribution is -0.154. The zero-order valence-electron chi connectivity index (χ0n) is 11.3. The number of aliphatic carboxylic acids is 1. The Morgan fingerprint density at radius 3 is 2.32 bits per heavy atom. The van der Waals surface area contributed by atoms with E-state index in [1.807, 2.05) is 0 Å². The van der Waals surface area contributed by atoms with Gasteiger partial charge in [0.1, 0.15) is 11.6 Å². The molecule has 5 nitrogen and oxygen atoms in total. The van der Waals surface area contributed by atoms with E-state index in [0.29, 0.717) is 5.56 Å². The summed E-state index contributed by atoms with van der Waals surface area (Å²) in [5.41, 5.74) is 0.0168. The monoisotopic (exact) mass is 265 g/mol. The molecule has 0 aromatic heterocycles. The lowest BCUT2D eigenvalue weighted by atomic mass is 10.1. The first kappa shape index (κ1) is 15.2. The number of rotatable bonds is 5. The Morgan fingerprint density at radius 2 is 1.84 bits per heavy atom. The molecule has 0 fully saturated rings. The maximum Gasteiger partial charge on any atom is 0.325 e.